The number of esters is 1. The minimum absolute atomic E-state index is 0.0186. The molecule has 0 aromatic carbocycles. The zero-order chi connectivity index (χ0) is 67.3. The van der Waals surface area contributed by atoms with Gasteiger partial charge in [0.15, 0.2) is 0 Å². The molecule has 2 amide bonds. The van der Waals surface area contributed by atoms with Gasteiger partial charge >= 0.3 is 13.8 Å². The second-order valence-corrected chi connectivity index (χ2v) is 26.3. The second-order valence-electron chi connectivity index (χ2n) is 24.6. The van der Waals surface area contributed by atoms with E-state index in [1.807, 2.05) is 6.08 Å². The number of phosphoric ester groups is 1. The molecule has 0 aromatic heterocycles. The molecular formula is C68H129N2O20P. The van der Waals surface area contributed by atoms with E-state index in [1.165, 1.54) is 224 Å². The summed E-state index contributed by atoms with van der Waals surface area (Å²) in [4.78, 5) is 43.5. The molecule has 2 aliphatic rings. The highest BCUT2D eigenvalue weighted by atomic mass is 31.2. The first-order chi connectivity index (χ1) is 44.1. The predicted octanol–water partition coefficient (Wildman–Crippen LogP) is 12.2. The molecular weight excluding hydrogens is 1200 g/mol. The molecule has 1 unspecified atom stereocenters. The third kappa shape index (κ3) is 30.0. The minimum Gasteiger partial charge on any atom is -0.465 e. The molecule has 1 heterocycles. The normalized spacial score (nSPS) is 24.8. The first-order valence-corrected chi connectivity index (χ1v) is 35.9. The van der Waals surface area contributed by atoms with E-state index in [0.717, 1.165) is 38.5 Å². The van der Waals surface area contributed by atoms with Crippen molar-refractivity contribution in [1.82, 2.24) is 10.2 Å². The maximum absolute atomic E-state index is 15.2. The van der Waals surface area contributed by atoms with Crippen molar-refractivity contribution in [2.24, 2.45) is 0 Å². The van der Waals surface area contributed by atoms with E-state index in [1.54, 1.807) is 14.2 Å². The lowest BCUT2D eigenvalue weighted by molar-refractivity contribution is -0.360. The van der Waals surface area contributed by atoms with Crippen molar-refractivity contribution in [1.29, 1.82) is 0 Å². The van der Waals surface area contributed by atoms with Gasteiger partial charge in [0.25, 0.3) is 5.79 Å². The summed E-state index contributed by atoms with van der Waals surface area (Å²) < 4.78 is 112. The van der Waals surface area contributed by atoms with E-state index in [2.05, 4.69) is 25.2 Å². The van der Waals surface area contributed by atoms with Crippen LogP contribution in [0.15, 0.2) is 12.2 Å². The van der Waals surface area contributed by atoms with Gasteiger partial charge in [0.05, 0.1) is 44.6 Å². The van der Waals surface area contributed by atoms with Gasteiger partial charge in [-0.1, -0.05) is 193 Å². The number of rotatable bonds is 57. The number of nitrogens with one attached hydrogen (secondary N) is 1. The van der Waals surface area contributed by atoms with Gasteiger partial charge in [0.2, 0.25) is 11.8 Å². The van der Waals surface area contributed by atoms with Gasteiger partial charge in [0.1, 0.15) is 61.5 Å². The highest BCUT2D eigenvalue weighted by Gasteiger charge is 2.64. The Labute approximate surface area is 550 Å². The Balaban J connectivity index is 2.42. The summed E-state index contributed by atoms with van der Waals surface area (Å²) in [7, 11) is 13.6. The van der Waals surface area contributed by atoms with E-state index >= 15 is 4.57 Å². The Kier molecular flexibility index (Phi) is 47.6. The fourth-order valence-electron chi connectivity index (χ4n) is 12.8. The van der Waals surface area contributed by atoms with Crippen molar-refractivity contribution in [2.45, 2.75) is 298 Å². The molecule has 2 fully saturated rings. The van der Waals surface area contributed by atoms with E-state index in [9.17, 15) is 14.4 Å². The smallest absolute Gasteiger partial charge is 0.465 e. The van der Waals surface area contributed by atoms with Crippen LogP contribution >= 0.6 is 7.82 Å². The number of amides is 2. The van der Waals surface area contributed by atoms with Crippen molar-refractivity contribution < 1.29 is 94.1 Å². The molecule has 22 nitrogen and oxygen atoms in total. The molecule has 1 N–H and O–H groups in total. The zero-order valence-corrected chi connectivity index (χ0v) is 60.2. The van der Waals surface area contributed by atoms with Gasteiger partial charge in [-0.3, -0.25) is 23.2 Å². The van der Waals surface area contributed by atoms with Gasteiger partial charge in [-0.15, -0.1) is 0 Å². The standard InChI is InChI=1S/C68H129N2O20P/c1-16-18-20-22-24-26-28-29-30-31-32-33-34-35-37-39-41-43-45-47-56(71)69-52(53(77-6)46-44-42-40-38-36-27-25-23-21-19-17-2)49-87-91(74,86-15)90-66-63(83-12)61(81-10)62(82-11)65(64(66)84-13)89-68(67(73)85-14)48-54(78-7)58(70(3)57(72)51-76-5)60(88-68)59(80-9)55(79-8)50-75-4/h44,46,52-55,58-66H,16-43,45,47-51H2,1-15H3,(H,69,71)/b46-44+/t52-,53+,54-,55+,58+,59+,60+,61-,62-,63+,64+,65+,66-,68-,91?/m0/s1. The van der Waals surface area contributed by atoms with Crippen LogP contribution in [0, 0.1) is 0 Å². The van der Waals surface area contributed by atoms with Crippen LogP contribution in [0.25, 0.3) is 0 Å². The number of allylic oxidation sites excluding steroid dienone is 1. The quantitative estimate of drug-likeness (QED) is 0.0258. The molecule has 15 atom stereocenters. The summed E-state index contributed by atoms with van der Waals surface area (Å²) in [6.07, 6.45) is 27.3. The van der Waals surface area contributed by atoms with E-state index in [0.29, 0.717) is 6.42 Å². The number of hydrogen-bond donors (Lipinski definition) is 1. The van der Waals surface area contributed by atoms with Crippen LogP contribution in [0.4, 0.5) is 0 Å². The Morgan fingerprint density at radius 1 is 0.571 bits per heavy atom. The van der Waals surface area contributed by atoms with Crippen LogP contribution in [0.5, 0.6) is 0 Å². The van der Waals surface area contributed by atoms with Crippen LogP contribution in [0.2, 0.25) is 0 Å². The lowest BCUT2D eigenvalue weighted by Crippen LogP contribution is -2.72. The number of methoxy groups -OCH3 is 11. The van der Waals surface area contributed by atoms with Crippen LogP contribution < -0.4 is 5.32 Å². The van der Waals surface area contributed by atoms with Crippen molar-refractivity contribution in [2.75, 3.05) is 112 Å². The maximum atomic E-state index is 15.2. The molecule has 536 valence electrons. The third-order valence-electron chi connectivity index (χ3n) is 18.1. The first-order valence-electron chi connectivity index (χ1n) is 34.5. The Morgan fingerprint density at radius 3 is 1.47 bits per heavy atom. The summed E-state index contributed by atoms with van der Waals surface area (Å²) in [5.74, 6) is -3.99. The second kappa shape index (κ2) is 51.1. The number of unbranched alkanes of at least 4 members (excludes halogenated alkanes) is 27. The summed E-state index contributed by atoms with van der Waals surface area (Å²) in [6, 6.07) is -1.77. The number of nitrogens with zero attached hydrogens (tertiary/aromatic N) is 1. The highest BCUT2D eigenvalue weighted by Crippen LogP contribution is 2.53. The summed E-state index contributed by atoms with van der Waals surface area (Å²) in [6.45, 7) is 3.88. The van der Waals surface area contributed by atoms with Crippen LogP contribution in [-0.4, -0.2) is 220 Å². The molecule has 1 aliphatic carbocycles. The Morgan fingerprint density at radius 2 is 1.04 bits per heavy atom. The lowest BCUT2D eigenvalue weighted by Gasteiger charge is -2.54. The monoisotopic (exact) mass is 1320 g/mol. The molecule has 91 heavy (non-hydrogen) atoms. The largest absolute Gasteiger partial charge is 0.475 e. The molecule has 1 saturated carbocycles. The number of likely N-dealkylation sites (N-methyl/N-ethyl adjacent to an activating group) is 1. The topological polar surface area (TPSA) is 231 Å². The molecule has 0 bridgehead atoms. The number of hydrogen-bond acceptors (Lipinski definition) is 20. The fraction of sp³-hybridized carbons (Fsp3) is 0.926. The van der Waals surface area contributed by atoms with Crippen LogP contribution in [-0.2, 0) is 94.1 Å². The Bertz CT molecular complexity index is 1930. The highest BCUT2D eigenvalue weighted by molar-refractivity contribution is 7.48. The molecule has 2 rings (SSSR count). The zero-order valence-electron chi connectivity index (χ0n) is 59.3. The number of carbonyl (C=O) groups is 3. The van der Waals surface area contributed by atoms with Gasteiger partial charge in [0, 0.05) is 98.1 Å². The molecule has 1 saturated heterocycles. The van der Waals surface area contributed by atoms with Gasteiger partial charge in [-0.25, -0.2) is 9.36 Å². The molecule has 23 heteroatoms. The Hall–Kier alpha value is -2.22. The van der Waals surface area contributed by atoms with Gasteiger partial charge in [-0.2, -0.15) is 0 Å². The summed E-state index contributed by atoms with van der Waals surface area (Å²) >= 11 is 0. The van der Waals surface area contributed by atoms with E-state index in [4.69, 9.17) is 75.2 Å². The lowest BCUT2D eigenvalue weighted by atomic mass is 9.83. The maximum Gasteiger partial charge on any atom is 0.475 e. The summed E-state index contributed by atoms with van der Waals surface area (Å²) in [5, 5.41) is 3.13. The van der Waals surface area contributed by atoms with Crippen molar-refractivity contribution in [3.05, 3.63) is 12.2 Å². The van der Waals surface area contributed by atoms with E-state index in [-0.39, 0.29) is 38.6 Å². The molecule has 0 aromatic rings. The molecule has 1 aliphatic heterocycles. The van der Waals surface area contributed by atoms with Gasteiger partial charge < -0.3 is 71.8 Å². The third-order valence-corrected chi connectivity index (χ3v) is 19.5. The number of carbonyl (C=O) groups excluding carboxylic acids is 3. The number of phosphoric acid groups is 1. The predicted molar refractivity (Wildman–Crippen MR) is 352 cm³/mol. The first kappa shape index (κ1) is 84.9. The average Bonchev–Trinajstić information content (AvgIpc) is 0.747. The van der Waals surface area contributed by atoms with Gasteiger partial charge in [-0.05, 0) is 19.3 Å². The van der Waals surface area contributed by atoms with Crippen molar-refractivity contribution in [3.63, 3.8) is 0 Å². The number of ether oxygens (including phenoxy) is 13. The average molecular weight is 1330 g/mol. The molecule has 0 radical (unpaired) electrons. The van der Waals surface area contributed by atoms with E-state index < -0.39 is 105 Å². The van der Waals surface area contributed by atoms with Crippen molar-refractivity contribution >= 4 is 25.6 Å². The molecule has 0 spiro atoms. The van der Waals surface area contributed by atoms with Crippen LogP contribution in [0.3, 0.4) is 0 Å². The van der Waals surface area contributed by atoms with Crippen LogP contribution in [0.1, 0.15) is 213 Å². The fourth-order valence-corrected chi connectivity index (χ4v) is 13.9. The SMILES string of the molecule is CCCCCCCCCCC/C=C/[C@@H](OC)[C@H](COP(=O)(OC)O[C@H]1[C@H](OC)[C@@H](OC)[C@H](OC)[C@@H](O[C@]2(C(=O)OC)C[C@H](OC)[C@@H](N(C)C(=O)COC)[C@H]([C@H](OC)[C@@H](COC)OC)O2)[C@H]1OC)NC(=O)CCCCCCCCCCCCCCCCCCCCC. The van der Waals surface area contributed by atoms with Crippen molar-refractivity contribution in [3.8, 4) is 0 Å². The minimum atomic E-state index is -4.68. The summed E-state index contributed by atoms with van der Waals surface area (Å²) in [5.41, 5.74) is 0.